The molecule has 2 aromatic heterocycles. The summed E-state index contributed by atoms with van der Waals surface area (Å²) < 4.78 is 6.54. The highest BCUT2D eigenvalue weighted by molar-refractivity contribution is 6.04. The monoisotopic (exact) mass is 378 g/mol. The molecule has 144 valence electrons. The summed E-state index contributed by atoms with van der Waals surface area (Å²) in [5, 5.41) is 8.05. The fourth-order valence-corrected chi connectivity index (χ4v) is 2.96. The van der Waals surface area contributed by atoms with Crippen molar-refractivity contribution in [3.05, 3.63) is 59.3 Å². The lowest BCUT2D eigenvalue weighted by Crippen LogP contribution is -2.16. The Morgan fingerprint density at radius 2 is 2.04 bits per heavy atom. The summed E-state index contributed by atoms with van der Waals surface area (Å²) in [5.74, 6) is -0.200. The van der Waals surface area contributed by atoms with Crippen LogP contribution < -0.4 is 5.32 Å². The summed E-state index contributed by atoms with van der Waals surface area (Å²) in [5.41, 5.74) is 3.06. The maximum atomic E-state index is 12.3. The van der Waals surface area contributed by atoms with Crippen LogP contribution in [-0.4, -0.2) is 33.2 Å². The molecule has 3 rings (SSSR count). The molecule has 0 aliphatic rings. The van der Waals surface area contributed by atoms with Crippen LogP contribution in [0.3, 0.4) is 0 Å². The second-order valence-corrected chi connectivity index (χ2v) is 6.30. The van der Waals surface area contributed by atoms with E-state index in [1.165, 1.54) is 17.0 Å². The topological polar surface area (TPSA) is 86.1 Å². The van der Waals surface area contributed by atoms with Gasteiger partial charge in [0.25, 0.3) is 0 Å². The zero-order valence-electron chi connectivity index (χ0n) is 16.3. The smallest absolute Gasteiger partial charge is 0.343 e. The lowest BCUT2D eigenvalue weighted by Gasteiger charge is -2.12. The summed E-state index contributed by atoms with van der Waals surface area (Å²) in [6.45, 7) is 7.65. The number of esters is 1. The number of aromatic nitrogens is 3. The van der Waals surface area contributed by atoms with Gasteiger partial charge in [-0.1, -0.05) is 24.3 Å². The van der Waals surface area contributed by atoms with Gasteiger partial charge >= 0.3 is 5.97 Å². The van der Waals surface area contributed by atoms with Gasteiger partial charge in [-0.2, -0.15) is 9.78 Å². The van der Waals surface area contributed by atoms with E-state index in [2.05, 4.69) is 10.4 Å². The first kappa shape index (κ1) is 19.3. The molecule has 0 saturated carbocycles. The van der Waals surface area contributed by atoms with Gasteiger partial charge in [0.1, 0.15) is 5.56 Å². The second kappa shape index (κ2) is 8.04. The van der Waals surface area contributed by atoms with Crippen molar-refractivity contribution in [1.82, 2.24) is 14.8 Å². The number of benzene rings is 1. The quantitative estimate of drug-likeness (QED) is 0.540. The Hall–Kier alpha value is -3.48. The maximum absolute atomic E-state index is 12.3. The van der Waals surface area contributed by atoms with Gasteiger partial charge in [-0.05, 0) is 51.0 Å². The Labute approximate surface area is 163 Å². The number of hydrogen-bond acceptors (Lipinski definition) is 5. The molecule has 0 radical (unpaired) electrons. The zero-order chi connectivity index (χ0) is 20.3. The molecule has 0 spiro atoms. The van der Waals surface area contributed by atoms with Crippen molar-refractivity contribution in [3.63, 3.8) is 0 Å². The number of nitrogens with zero attached hydrogens (tertiary/aromatic N) is 3. The van der Waals surface area contributed by atoms with E-state index in [0.717, 1.165) is 22.0 Å². The number of nitrogens with one attached hydrogen (secondary N) is 1. The van der Waals surface area contributed by atoms with Gasteiger partial charge in [0.15, 0.2) is 11.6 Å². The number of carbonyl (C=O) groups excluding carboxylic acids is 2. The highest BCUT2D eigenvalue weighted by Gasteiger charge is 2.22. The number of rotatable bonds is 5. The molecule has 1 N–H and O–H groups in total. The fraction of sp³-hybridized carbons (Fsp3) is 0.238. The van der Waals surface area contributed by atoms with Crippen molar-refractivity contribution < 1.29 is 14.3 Å². The van der Waals surface area contributed by atoms with Gasteiger partial charge in [0.2, 0.25) is 5.91 Å². The van der Waals surface area contributed by atoms with Crippen LogP contribution >= 0.6 is 0 Å². The Bertz CT molecular complexity index is 1080. The van der Waals surface area contributed by atoms with Crippen molar-refractivity contribution in [2.24, 2.45) is 0 Å². The standard InChI is InChI=1S/C21H22N4O3/c1-5-8-18(26)24-20-16(21(27)28-6-2)12-22-25(20)17-11-14(4)15-10-7-9-13(3)19(15)23-17/h5,7-12H,6H2,1-4H3,(H,24,26)/b8-5+. The molecule has 0 atom stereocenters. The van der Waals surface area contributed by atoms with E-state index >= 15 is 0 Å². The molecule has 0 saturated heterocycles. The van der Waals surface area contributed by atoms with Crippen LogP contribution in [0.25, 0.3) is 16.7 Å². The lowest BCUT2D eigenvalue weighted by atomic mass is 10.1. The third-order valence-corrected chi connectivity index (χ3v) is 4.28. The van der Waals surface area contributed by atoms with Crippen LogP contribution in [0.15, 0.2) is 42.6 Å². The molecule has 1 aromatic carbocycles. The third kappa shape index (κ3) is 3.64. The molecular weight excluding hydrogens is 356 g/mol. The number of pyridine rings is 1. The van der Waals surface area contributed by atoms with E-state index in [4.69, 9.17) is 9.72 Å². The number of anilines is 1. The Morgan fingerprint density at radius 1 is 1.25 bits per heavy atom. The van der Waals surface area contributed by atoms with E-state index in [0.29, 0.717) is 5.82 Å². The van der Waals surface area contributed by atoms with E-state index in [1.54, 1.807) is 19.9 Å². The first-order valence-electron chi connectivity index (χ1n) is 9.02. The Balaban J connectivity index is 2.18. The minimum atomic E-state index is -0.557. The Kier molecular flexibility index (Phi) is 5.54. The largest absolute Gasteiger partial charge is 0.462 e. The molecule has 2 heterocycles. The lowest BCUT2D eigenvalue weighted by molar-refractivity contribution is -0.111. The van der Waals surface area contributed by atoms with Gasteiger partial charge in [0.05, 0.1) is 18.3 Å². The minimum absolute atomic E-state index is 0.170. The van der Waals surface area contributed by atoms with Crippen molar-refractivity contribution >= 4 is 28.6 Å². The molecule has 7 nitrogen and oxygen atoms in total. The number of aryl methyl sites for hydroxylation is 2. The summed E-state index contributed by atoms with van der Waals surface area (Å²) in [7, 11) is 0. The molecule has 0 aliphatic heterocycles. The fourth-order valence-electron chi connectivity index (χ4n) is 2.96. The molecular formula is C21H22N4O3. The molecule has 3 aromatic rings. The van der Waals surface area contributed by atoms with Crippen molar-refractivity contribution in [3.8, 4) is 5.82 Å². The summed E-state index contributed by atoms with van der Waals surface area (Å²) in [6, 6.07) is 7.85. The van der Waals surface area contributed by atoms with E-state index < -0.39 is 5.97 Å². The van der Waals surface area contributed by atoms with Crippen LogP contribution in [-0.2, 0) is 9.53 Å². The summed E-state index contributed by atoms with van der Waals surface area (Å²) in [6.07, 6.45) is 4.36. The zero-order valence-corrected chi connectivity index (χ0v) is 16.3. The first-order valence-corrected chi connectivity index (χ1v) is 9.02. The first-order chi connectivity index (χ1) is 13.5. The van der Waals surface area contributed by atoms with Crippen molar-refractivity contribution in [1.29, 1.82) is 0 Å². The second-order valence-electron chi connectivity index (χ2n) is 6.30. The maximum Gasteiger partial charge on any atom is 0.343 e. The third-order valence-electron chi connectivity index (χ3n) is 4.28. The number of carbonyl (C=O) groups is 2. The average molecular weight is 378 g/mol. The van der Waals surface area contributed by atoms with Gasteiger partial charge < -0.3 is 10.1 Å². The molecule has 1 amide bonds. The number of amides is 1. The predicted octanol–water partition coefficient (Wildman–Crippen LogP) is 3.73. The van der Waals surface area contributed by atoms with Crippen LogP contribution in [0.4, 0.5) is 5.82 Å². The van der Waals surface area contributed by atoms with Crippen molar-refractivity contribution in [2.75, 3.05) is 11.9 Å². The number of fused-ring (bicyclic) bond motifs is 1. The van der Waals surface area contributed by atoms with E-state index in [-0.39, 0.29) is 23.9 Å². The average Bonchev–Trinajstić information content (AvgIpc) is 3.06. The van der Waals surface area contributed by atoms with Gasteiger partial charge in [-0.3, -0.25) is 4.79 Å². The minimum Gasteiger partial charge on any atom is -0.462 e. The highest BCUT2D eigenvalue weighted by atomic mass is 16.5. The number of allylic oxidation sites excluding steroid dienone is 1. The van der Waals surface area contributed by atoms with Crippen molar-refractivity contribution in [2.45, 2.75) is 27.7 Å². The normalized spacial score (nSPS) is 11.1. The number of hydrogen-bond donors (Lipinski definition) is 1. The van der Waals surface area contributed by atoms with E-state index in [1.807, 2.05) is 38.1 Å². The molecule has 0 unspecified atom stereocenters. The van der Waals surface area contributed by atoms with Gasteiger partial charge in [-0.15, -0.1) is 0 Å². The van der Waals surface area contributed by atoms with Crippen LogP contribution in [0.1, 0.15) is 35.3 Å². The summed E-state index contributed by atoms with van der Waals surface area (Å²) >= 11 is 0. The SMILES string of the molecule is C/C=C/C(=O)Nc1c(C(=O)OCC)cnn1-c1cc(C)c2cccc(C)c2n1. The molecule has 28 heavy (non-hydrogen) atoms. The van der Waals surface area contributed by atoms with E-state index in [9.17, 15) is 9.59 Å². The summed E-state index contributed by atoms with van der Waals surface area (Å²) in [4.78, 5) is 29.2. The predicted molar refractivity (Wildman–Crippen MR) is 108 cm³/mol. The number of para-hydroxylation sites is 1. The molecule has 0 aliphatic carbocycles. The Morgan fingerprint density at radius 3 is 2.75 bits per heavy atom. The molecule has 0 bridgehead atoms. The molecule has 0 fully saturated rings. The van der Waals surface area contributed by atoms with Crippen LogP contribution in [0.5, 0.6) is 0 Å². The van der Waals surface area contributed by atoms with Gasteiger partial charge in [0, 0.05) is 5.39 Å². The van der Waals surface area contributed by atoms with Crippen LogP contribution in [0.2, 0.25) is 0 Å². The number of ether oxygens (including phenoxy) is 1. The highest BCUT2D eigenvalue weighted by Crippen LogP contribution is 2.26. The molecule has 7 heteroatoms. The van der Waals surface area contributed by atoms with Gasteiger partial charge in [-0.25, -0.2) is 9.78 Å². The van der Waals surface area contributed by atoms with Crippen LogP contribution in [0, 0.1) is 13.8 Å².